The van der Waals surface area contributed by atoms with E-state index in [4.69, 9.17) is 19.3 Å². The fraction of sp³-hybridized carbons (Fsp3) is 0.250. The van der Waals surface area contributed by atoms with E-state index in [9.17, 15) is 18.0 Å². The highest BCUT2D eigenvalue weighted by Gasteiger charge is 2.18. The second-order valence-electron chi connectivity index (χ2n) is 7.97. The number of anilines is 1. The van der Waals surface area contributed by atoms with Crippen LogP contribution in [0.1, 0.15) is 27.6 Å². The van der Waals surface area contributed by atoms with Gasteiger partial charge in [0.25, 0.3) is 5.91 Å². The lowest BCUT2D eigenvalue weighted by molar-refractivity contribution is 0.0696. The number of sulfonamides is 1. The third kappa shape index (κ3) is 7.22. The molecular weight excluding hydrogens is 504 g/mol. The van der Waals surface area contributed by atoms with Gasteiger partial charge in [0.1, 0.15) is 17.7 Å². The van der Waals surface area contributed by atoms with Crippen molar-refractivity contribution in [3.63, 3.8) is 0 Å². The van der Waals surface area contributed by atoms with Crippen molar-refractivity contribution in [2.45, 2.75) is 17.9 Å². The van der Waals surface area contributed by atoms with Crippen LogP contribution in [0.4, 0.5) is 5.82 Å². The molecule has 0 saturated carbocycles. The number of amides is 1. The number of carbonyl (C=O) groups is 2. The van der Waals surface area contributed by atoms with Crippen LogP contribution in [0.5, 0.6) is 17.5 Å². The van der Waals surface area contributed by atoms with Crippen LogP contribution < -0.4 is 14.8 Å². The average Bonchev–Trinajstić information content (AvgIpc) is 2.84. The molecule has 0 aliphatic carbocycles. The summed E-state index contributed by atoms with van der Waals surface area (Å²) in [6.07, 6.45) is 0.740. The highest BCUT2D eigenvalue weighted by atomic mass is 32.2. The first-order valence-corrected chi connectivity index (χ1v) is 12.3. The van der Waals surface area contributed by atoms with Gasteiger partial charge in [0, 0.05) is 39.5 Å². The van der Waals surface area contributed by atoms with Gasteiger partial charge in [-0.2, -0.15) is 4.98 Å². The second-order valence-corrected chi connectivity index (χ2v) is 10.1. The summed E-state index contributed by atoms with van der Waals surface area (Å²) in [4.78, 5) is 32.2. The Hall–Kier alpha value is -4.07. The van der Waals surface area contributed by atoms with Gasteiger partial charge < -0.3 is 24.6 Å². The highest BCUT2D eigenvalue weighted by Crippen LogP contribution is 2.26. The van der Waals surface area contributed by atoms with Crippen LogP contribution in [-0.4, -0.2) is 73.6 Å². The van der Waals surface area contributed by atoms with Crippen LogP contribution in [0.15, 0.2) is 59.6 Å². The average molecular weight is 531 g/mol. The lowest BCUT2D eigenvalue weighted by atomic mass is 10.2. The van der Waals surface area contributed by atoms with E-state index in [0.717, 1.165) is 10.5 Å². The minimum absolute atomic E-state index is 0.0182. The number of nitrogens with one attached hydrogen (secondary N) is 1. The van der Waals surface area contributed by atoms with Gasteiger partial charge in [-0.3, -0.25) is 4.79 Å². The molecule has 3 aromatic rings. The van der Waals surface area contributed by atoms with Gasteiger partial charge >= 0.3 is 5.97 Å². The number of aromatic carboxylic acids is 1. The molecule has 0 spiro atoms. The van der Waals surface area contributed by atoms with Crippen LogP contribution in [0, 0.1) is 0 Å². The van der Waals surface area contributed by atoms with Gasteiger partial charge in [0.05, 0.1) is 22.6 Å². The number of ether oxygens (including phenoxy) is 3. The van der Waals surface area contributed by atoms with Gasteiger partial charge in [-0.05, 0) is 43.3 Å². The van der Waals surface area contributed by atoms with Crippen molar-refractivity contribution >= 4 is 27.7 Å². The van der Waals surface area contributed by atoms with Crippen LogP contribution in [0.3, 0.4) is 0 Å². The summed E-state index contributed by atoms with van der Waals surface area (Å²) >= 11 is 0. The first kappa shape index (κ1) is 27.5. The predicted molar refractivity (Wildman–Crippen MR) is 133 cm³/mol. The molecule has 1 aromatic carbocycles. The van der Waals surface area contributed by atoms with E-state index in [1.54, 1.807) is 6.92 Å². The summed E-state index contributed by atoms with van der Waals surface area (Å²) in [5, 5.41) is 11.6. The van der Waals surface area contributed by atoms with E-state index in [2.05, 4.69) is 15.3 Å². The highest BCUT2D eigenvalue weighted by molar-refractivity contribution is 7.89. The van der Waals surface area contributed by atoms with E-state index >= 15 is 0 Å². The molecule has 0 bridgehead atoms. The molecule has 196 valence electrons. The minimum atomic E-state index is -3.61. The molecule has 12 nitrogen and oxygen atoms in total. The minimum Gasteiger partial charge on any atom is -0.478 e. The molecule has 0 radical (unpaired) electrons. The number of benzene rings is 1. The number of carboxylic acid groups (broad SMARTS) is 1. The Morgan fingerprint density at radius 2 is 1.73 bits per heavy atom. The number of rotatable bonds is 11. The monoisotopic (exact) mass is 530 g/mol. The van der Waals surface area contributed by atoms with Crippen LogP contribution in [-0.2, 0) is 14.8 Å². The smallest absolute Gasteiger partial charge is 0.337 e. The van der Waals surface area contributed by atoms with Crippen molar-refractivity contribution in [1.82, 2.24) is 14.3 Å². The topological polar surface area (TPSA) is 157 Å². The zero-order valence-corrected chi connectivity index (χ0v) is 21.4. The molecule has 13 heteroatoms. The van der Waals surface area contributed by atoms with E-state index in [-0.39, 0.29) is 52.1 Å². The zero-order valence-electron chi connectivity index (χ0n) is 20.5. The summed E-state index contributed by atoms with van der Waals surface area (Å²) in [6, 6.07) is 11.2. The van der Waals surface area contributed by atoms with E-state index in [0.29, 0.717) is 0 Å². The molecule has 0 unspecified atom stereocenters. The Morgan fingerprint density at radius 1 is 1.05 bits per heavy atom. The molecule has 0 saturated heterocycles. The van der Waals surface area contributed by atoms with Crippen molar-refractivity contribution in [3.05, 3.63) is 65.9 Å². The molecule has 37 heavy (non-hydrogen) atoms. The Bertz CT molecular complexity index is 1360. The number of carboxylic acids is 1. The third-order valence-electron chi connectivity index (χ3n) is 4.84. The molecule has 0 aliphatic heterocycles. The van der Waals surface area contributed by atoms with Crippen molar-refractivity contribution in [3.8, 4) is 17.5 Å². The summed E-state index contributed by atoms with van der Waals surface area (Å²) in [5.41, 5.74) is 0.102. The third-order valence-corrected chi connectivity index (χ3v) is 6.67. The quantitative estimate of drug-likeness (QED) is 0.378. The maximum Gasteiger partial charge on any atom is 0.337 e. The molecule has 2 N–H and O–H groups in total. The zero-order chi connectivity index (χ0) is 27.2. The number of aromatic nitrogens is 2. The standard InChI is InChI=1S/C24H26N4O8S/c1-15(14-34-4)35-21-11-17(23(29)26-20-10-5-16(13-25-20)24(30)31)12-22(27-21)36-18-6-8-19(9-7-18)37(32,33)28(2)3/h5-13,15H,14H2,1-4H3,(H,30,31)(H,25,26,29)/t15-/m1/s1. The first-order chi connectivity index (χ1) is 17.5. The molecule has 0 fully saturated rings. The predicted octanol–water partition coefficient (Wildman–Crippen LogP) is 2.88. The molecule has 0 aliphatic rings. The van der Waals surface area contributed by atoms with Crippen molar-refractivity contribution in [2.75, 3.05) is 33.1 Å². The van der Waals surface area contributed by atoms with Gasteiger partial charge in [-0.25, -0.2) is 22.5 Å². The fourth-order valence-electron chi connectivity index (χ4n) is 2.99. The van der Waals surface area contributed by atoms with Crippen LogP contribution in [0.2, 0.25) is 0 Å². The Kier molecular flexibility index (Phi) is 8.76. The van der Waals surface area contributed by atoms with Gasteiger partial charge in [0.15, 0.2) is 0 Å². The van der Waals surface area contributed by atoms with E-state index in [1.165, 1.54) is 69.7 Å². The number of hydrogen-bond donors (Lipinski definition) is 2. The lowest BCUT2D eigenvalue weighted by Gasteiger charge is -2.15. The van der Waals surface area contributed by atoms with Gasteiger partial charge in [-0.1, -0.05) is 0 Å². The van der Waals surface area contributed by atoms with E-state index in [1.807, 2.05) is 0 Å². The van der Waals surface area contributed by atoms with Crippen molar-refractivity contribution in [1.29, 1.82) is 0 Å². The molecule has 1 atom stereocenters. The molecule has 2 heterocycles. The Balaban J connectivity index is 1.87. The largest absolute Gasteiger partial charge is 0.478 e. The Morgan fingerprint density at radius 3 is 2.30 bits per heavy atom. The molecular formula is C24H26N4O8S. The maximum absolute atomic E-state index is 12.9. The lowest BCUT2D eigenvalue weighted by Crippen LogP contribution is -2.22. The molecule has 3 rings (SSSR count). The molecule has 1 amide bonds. The SMILES string of the molecule is COC[C@@H](C)Oc1cc(C(=O)Nc2ccc(C(=O)O)cn2)cc(Oc2ccc(S(=O)(=O)N(C)C)cc2)n1. The number of nitrogens with zero attached hydrogens (tertiary/aromatic N) is 3. The molecule has 2 aromatic heterocycles. The van der Waals surface area contributed by atoms with Crippen molar-refractivity contribution in [2.24, 2.45) is 0 Å². The summed E-state index contributed by atoms with van der Waals surface area (Å²) in [6.45, 7) is 2.03. The first-order valence-electron chi connectivity index (χ1n) is 10.9. The van der Waals surface area contributed by atoms with E-state index < -0.39 is 21.9 Å². The number of pyridine rings is 2. The number of carbonyl (C=O) groups excluding carboxylic acids is 1. The number of hydrogen-bond acceptors (Lipinski definition) is 9. The van der Waals surface area contributed by atoms with Gasteiger partial charge in [-0.15, -0.1) is 0 Å². The summed E-state index contributed by atoms with van der Waals surface area (Å²) < 4.78 is 42.3. The van der Waals surface area contributed by atoms with Crippen LogP contribution in [0.25, 0.3) is 0 Å². The summed E-state index contributed by atoms with van der Waals surface area (Å²) in [5.74, 6) is -1.18. The second kappa shape index (κ2) is 11.8. The maximum atomic E-state index is 12.9. The summed E-state index contributed by atoms with van der Waals surface area (Å²) in [7, 11) is 0.780. The van der Waals surface area contributed by atoms with Crippen LogP contribution >= 0.6 is 0 Å². The number of methoxy groups -OCH3 is 1. The van der Waals surface area contributed by atoms with Gasteiger partial charge in [0.2, 0.25) is 21.8 Å². The Labute approximate surface area is 213 Å². The normalized spacial score (nSPS) is 12.1. The van der Waals surface area contributed by atoms with Crippen molar-refractivity contribution < 1.29 is 37.3 Å². The fourth-order valence-corrected chi connectivity index (χ4v) is 3.90.